The van der Waals surface area contributed by atoms with Crippen molar-refractivity contribution in [2.75, 3.05) is 30.4 Å². The fourth-order valence-corrected chi connectivity index (χ4v) is 5.34. The zero-order valence-electron chi connectivity index (χ0n) is 22.7. The number of amides is 2. The molecule has 0 spiro atoms. The summed E-state index contributed by atoms with van der Waals surface area (Å²) in [6, 6.07) is 14.2. The summed E-state index contributed by atoms with van der Waals surface area (Å²) >= 11 is 0. The number of nitrogens with one attached hydrogen (secondary N) is 1. The van der Waals surface area contributed by atoms with E-state index in [0.29, 0.717) is 43.0 Å². The number of fused-ring (bicyclic) bond motifs is 1. The maximum atomic E-state index is 13.5. The van der Waals surface area contributed by atoms with Crippen molar-refractivity contribution >= 4 is 27.5 Å². The second-order valence-electron chi connectivity index (χ2n) is 9.54. The van der Waals surface area contributed by atoms with E-state index < -0.39 is 16.1 Å². The molecule has 0 saturated carbocycles. The van der Waals surface area contributed by atoms with E-state index in [1.165, 1.54) is 4.31 Å². The van der Waals surface area contributed by atoms with E-state index in [-0.39, 0.29) is 37.6 Å². The average molecular weight is 546 g/mol. The van der Waals surface area contributed by atoms with Gasteiger partial charge in [-0.3, -0.25) is 13.9 Å². The number of carbonyl (C=O) groups excluding carboxylic acids is 2. The first kappa shape index (κ1) is 29.3. The minimum Gasteiger partial charge on any atom is -0.454 e. The molecule has 10 heteroatoms. The molecule has 3 rings (SSSR count). The fourth-order valence-electron chi connectivity index (χ4n) is 4.38. The Balaban J connectivity index is 1.72. The fraction of sp³-hybridized carbons (Fsp3) is 0.500. The van der Waals surface area contributed by atoms with Gasteiger partial charge >= 0.3 is 0 Å². The SMILES string of the molecule is CC[C@@H](C)NC(=O)[C@@H](CC)N(CCc1ccccc1)C(=O)CCCN(c1ccc2c(c1)OCO2)S(C)(=O)=O. The molecule has 0 saturated heterocycles. The van der Waals surface area contributed by atoms with Crippen LogP contribution in [0.5, 0.6) is 11.5 Å². The monoisotopic (exact) mass is 545 g/mol. The van der Waals surface area contributed by atoms with Crippen LogP contribution in [0, 0.1) is 0 Å². The largest absolute Gasteiger partial charge is 0.454 e. The number of hydrogen-bond donors (Lipinski definition) is 1. The summed E-state index contributed by atoms with van der Waals surface area (Å²) in [6.07, 6.45) is 3.44. The van der Waals surface area contributed by atoms with Gasteiger partial charge in [-0.2, -0.15) is 0 Å². The molecule has 1 aliphatic rings. The quantitative estimate of drug-likeness (QED) is 0.388. The topological polar surface area (TPSA) is 105 Å². The van der Waals surface area contributed by atoms with Crippen LogP contribution in [-0.4, -0.2) is 63.4 Å². The number of nitrogens with zero attached hydrogens (tertiary/aromatic N) is 2. The third-order valence-corrected chi connectivity index (χ3v) is 7.86. The average Bonchev–Trinajstić information content (AvgIpc) is 3.36. The van der Waals surface area contributed by atoms with Gasteiger partial charge in [-0.1, -0.05) is 44.2 Å². The molecular formula is C28H39N3O6S. The molecule has 0 fully saturated rings. The predicted molar refractivity (Wildman–Crippen MR) is 148 cm³/mol. The molecule has 0 bridgehead atoms. The minimum absolute atomic E-state index is 0.00708. The Labute approximate surface area is 226 Å². The van der Waals surface area contributed by atoms with Crippen LogP contribution in [0.2, 0.25) is 0 Å². The number of hydrogen-bond acceptors (Lipinski definition) is 6. The Kier molecular flexibility index (Phi) is 10.4. The molecule has 0 unspecified atom stereocenters. The molecule has 0 radical (unpaired) electrons. The third kappa shape index (κ3) is 7.86. The molecule has 1 heterocycles. The Morgan fingerprint density at radius 3 is 2.37 bits per heavy atom. The van der Waals surface area contributed by atoms with Gasteiger partial charge in [0.2, 0.25) is 28.6 Å². The number of ether oxygens (including phenoxy) is 2. The van der Waals surface area contributed by atoms with Crippen LogP contribution < -0.4 is 19.1 Å². The van der Waals surface area contributed by atoms with Gasteiger partial charge < -0.3 is 19.7 Å². The van der Waals surface area contributed by atoms with Crippen LogP contribution in [0.3, 0.4) is 0 Å². The smallest absolute Gasteiger partial charge is 0.243 e. The maximum Gasteiger partial charge on any atom is 0.243 e. The van der Waals surface area contributed by atoms with Crippen molar-refractivity contribution in [1.29, 1.82) is 0 Å². The summed E-state index contributed by atoms with van der Waals surface area (Å²) in [5, 5.41) is 3.01. The summed E-state index contributed by atoms with van der Waals surface area (Å²) in [4.78, 5) is 28.2. The predicted octanol–water partition coefficient (Wildman–Crippen LogP) is 3.73. The molecule has 2 amide bonds. The minimum atomic E-state index is -3.60. The van der Waals surface area contributed by atoms with Crippen molar-refractivity contribution in [3.8, 4) is 11.5 Å². The maximum absolute atomic E-state index is 13.5. The Bertz CT molecular complexity index is 1190. The first-order valence-corrected chi connectivity index (χ1v) is 15.0. The third-order valence-electron chi connectivity index (χ3n) is 6.67. The molecule has 208 valence electrons. The van der Waals surface area contributed by atoms with Crippen molar-refractivity contribution in [2.45, 2.75) is 65.0 Å². The Hall–Kier alpha value is -3.27. The summed E-state index contributed by atoms with van der Waals surface area (Å²) in [7, 11) is -3.60. The van der Waals surface area contributed by atoms with Gasteiger partial charge in [0.1, 0.15) is 6.04 Å². The van der Waals surface area contributed by atoms with Crippen molar-refractivity contribution in [1.82, 2.24) is 10.2 Å². The number of carbonyl (C=O) groups is 2. The molecule has 2 atom stereocenters. The van der Waals surface area contributed by atoms with Gasteiger partial charge in [0, 0.05) is 31.6 Å². The van der Waals surface area contributed by atoms with E-state index in [1.54, 1.807) is 23.1 Å². The standard InChI is InChI=1S/C28H39N3O6S/c1-5-21(3)29-28(33)24(6-2)30(18-16-22-11-8-7-9-12-22)27(32)13-10-17-31(38(4,34)35)23-14-15-25-26(19-23)37-20-36-25/h7-9,11-12,14-15,19,21,24H,5-6,10,13,16-18,20H2,1-4H3,(H,29,33)/t21-,24-/m1/s1. The van der Waals surface area contributed by atoms with E-state index in [4.69, 9.17) is 9.47 Å². The lowest BCUT2D eigenvalue weighted by Crippen LogP contribution is -2.51. The number of benzene rings is 2. The lowest BCUT2D eigenvalue weighted by molar-refractivity contribution is -0.141. The summed E-state index contributed by atoms with van der Waals surface area (Å²) in [6.45, 7) is 6.44. The van der Waals surface area contributed by atoms with Crippen LogP contribution >= 0.6 is 0 Å². The normalized spacial score (nSPS) is 14.0. The van der Waals surface area contributed by atoms with E-state index in [9.17, 15) is 18.0 Å². The molecular weight excluding hydrogens is 506 g/mol. The highest BCUT2D eigenvalue weighted by molar-refractivity contribution is 7.92. The highest BCUT2D eigenvalue weighted by Crippen LogP contribution is 2.36. The summed E-state index contributed by atoms with van der Waals surface area (Å²) < 4.78 is 37.1. The van der Waals surface area contributed by atoms with E-state index in [2.05, 4.69) is 5.32 Å². The first-order valence-electron chi connectivity index (χ1n) is 13.1. The highest BCUT2D eigenvalue weighted by Gasteiger charge is 2.29. The van der Waals surface area contributed by atoms with Crippen LogP contribution in [-0.2, 0) is 26.0 Å². The van der Waals surface area contributed by atoms with Gasteiger partial charge in [-0.05, 0) is 50.3 Å². The van der Waals surface area contributed by atoms with Crippen molar-refractivity contribution < 1.29 is 27.5 Å². The summed E-state index contributed by atoms with van der Waals surface area (Å²) in [5.74, 6) is 0.706. The molecule has 38 heavy (non-hydrogen) atoms. The summed E-state index contributed by atoms with van der Waals surface area (Å²) in [5.41, 5.74) is 1.53. The van der Waals surface area contributed by atoms with Crippen molar-refractivity contribution in [3.63, 3.8) is 0 Å². The molecule has 0 aromatic heterocycles. The van der Waals surface area contributed by atoms with E-state index >= 15 is 0 Å². The molecule has 2 aromatic carbocycles. The Morgan fingerprint density at radius 1 is 1.00 bits per heavy atom. The highest BCUT2D eigenvalue weighted by atomic mass is 32.2. The van der Waals surface area contributed by atoms with Gasteiger partial charge in [0.15, 0.2) is 11.5 Å². The van der Waals surface area contributed by atoms with Crippen LogP contribution in [0.25, 0.3) is 0 Å². The van der Waals surface area contributed by atoms with Crippen LogP contribution in [0.4, 0.5) is 5.69 Å². The molecule has 9 nitrogen and oxygen atoms in total. The van der Waals surface area contributed by atoms with Crippen molar-refractivity contribution in [3.05, 3.63) is 54.1 Å². The van der Waals surface area contributed by atoms with Gasteiger partial charge in [-0.25, -0.2) is 8.42 Å². The number of anilines is 1. The van der Waals surface area contributed by atoms with Gasteiger partial charge in [0.05, 0.1) is 11.9 Å². The van der Waals surface area contributed by atoms with Crippen LogP contribution in [0.1, 0.15) is 52.0 Å². The lowest BCUT2D eigenvalue weighted by atomic mass is 10.1. The Morgan fingerprint density at radius 2 is 1.71 bits per heavy atom. The number of sulfonamides is 1. The lowest BCUT2D eigenvalue weighted by Gasteiger charge is -2.32. The van der Waals surface area contributed by atoms with Gasteiger partial charge in [0.25, 0.3) is 0 Å². The number of rotatable bonds is 14. The molecule has 2 aromatic rings. The van der Waals surface area contributed by atoms with Crippen molar-refractivity contribution in [2.24, 2.45) is 0 Å². The second-order valence-corrected chi connectivity index (χ2v) is 11.4. The van der Waals surface area contributed by atoms with Gasteiger partial charge in [-0.15, -0.1) is 0 Å². The van der Waals surface area contributed by atoms with E-state index in [1.807, 2.05) is 51.1 Å². The zero-order chi connectivity index (χ0) is 27.7. The molecule has 1 aliphatic heterocycles. The molecule has 1 N–H and O–H groups in total. The molecule has 0 aliphatic carbocycles. The zero-order valence-corrected chi connectivity index (χ0v) is 23.5. The first-order chi connectivity index (χ1) is 18.1. The second kappa shape index (κ2) is 13.5. The van der Waals surface area contributed by atoms with E-state index in [0.717, 1.165) is 18.2 Å². The van der Waals surface area contributed by atoms with Crippen LogP contribution in [0.15, 0.2) is 48.5 Å².